The number of nitrogens with one attached hydrogen (secondary N) is 2. The summed E-state index contributed by atoms with van der Waals surface area (Å²) in [5.74, 6) is 0. The third kappa shape index (κ3) is 12.7. The predicted octanol–water partition coefficient (Wildman–Crippen LogP) is 0.770. The molecule has 2 N–H and O–H groups in total. The lowest BCUT2D eigenvalue weighted by Crippen LogP contribution is -2.34. The lowest BCUT2D eigenvalue weighted by Gasteiger charge is -2.19. The second-order valence-electron chi connectivity index (χ2n) is 2.86. The van der Waals surface area contributed by atoms with Crippen LogP contribution in [0, 0.1) is 0 Å². The molecule has 0 aromatic carbocycles. The summed E-state index contributed by atoms with van der Waals surface area (Å²) in [6.45, 7) is 6.64. The number of hydrogen-bond acceptors (Lipinski definition) is 9. The molecule has 7 nitrogen and oxygen atoms in total. The molecule has 0 saturated carbocycles. The van der Waals surface area contributed by atoms with Crippen LogP contribution in [0.1, 0.15) is 6.92 Å². The number of rotatable bonds is 13. The van der Waals surface area contributed by atoms with Crippen molar-refractivity contribution in [1.82, 2.24) is 14.3 Å². The average Bonchev–Trinajstić information content (AvgIpc) is 2.36. The van der Waals surface area contributed by atoms with Crippen LogP contribution in [0.25, 0.3) is 0 Å². The molecule has 0 unspecified atom stereocenters. The summed E-state index contributed by atoms with van der Waals surface area (Å²) in [6, 6.07) is 0. The van der Waals surface area contributed by atoms with Crippen LogP contribution in [0.2, 0.25) is 0 Å². The molecule has 0 aliphatic rings. The van der Waals surface area contributed by atoms with Gasteiger partial charge >= 0.3 is 0 Å². The maximum Gasteiger partial charge on any atom is 0.118 e. The van der Waals surface area contributed by atoms with E-state index >= 15 is 0 Å². The van der Waals surface area contributed by atoms with Gasteiger partial charge in [-0.05, 0) is 6.54 Å². The Kier molecular flexibility index (Phi) is 14.8. The van der Waals surface area contributed by atoms with Crippen LogP contribution >= 0.6 is 24.5 Å². The van der Waals surface area contributed by atoms with Crippen molar-refractivity contribution in [3.8, 4) is 0 Å². The topological polar surface area (TPSA) is 64.2 Å². The van der Waals surface area contributed by atoms with Gasteiger partial charge in [-0.2, -0.15) is 0 Å². The maximum atomic E-state index is 4.62. The zero-order chi connectivity index (χ0) is 12.8. The van der Waals surface area contributed by atoms with Crippen LogP contribution in [0.3, 0.4) is 0 Å². The van der Waals surface area contributed by atoms with Crippen molar-refractivity contribution in [1.29, 1.82) is 0 Å². The number of hydrogen-bond donors (Lipinski definition) is 2. The van der Waals surface area contributed by atoms with Gasteiger partial charge in [0.25, 0.3) is 0 Å². The van der Waals surface area contributed by atoms with Gasteiger partial charge in [-0.25, -0.2) is 19.2 Å². The molecule has 0 aromatic rings. The molecule has 0 radical (unpaired) electrons. The van der Waals surface area contributed by atoms with E-state index < -0.39 is 0 Å². The minimum Gasteiger partial charge on any atom is -0.301 e. The highest BCUT2D eigenvalue weighted by Crippen LogP contribution is 1.96. The van der Waals surface area contributed by atoms with Gasteiger partial charge < -0.3 is 4.90 Å². The standard InChI is InChI=1S/C8H21N3O4S2/c1-4-11(7-5-9-16-14-12-2)8-6-10-17-15-13-3/h9-10H,4-8H2,1-3H3. The number of nitrogens with zero attached hydrogens (tertiary/aromatic N) is 1. The molecular formula is C8H21N3O4S2. The van der Waals surface area contributed by atoms with E-state index in [0.717, 1.165) is 57.2 Å². The SMILES string of the molecule is CCN(CCNSOOC)CCNSOOC. The van der Waals surface area contributed by atoms with Gasteiger partial charge in [-0.15, -0.1) is 8.67 Å². The van der Waals surface area contributed by atoms with Gasteiger partial charge in [0.05, 0.1) is 14.2 Å². The molecule has 17 heavy (non-hydrogen) atoms. The average molecular weight is 287 g/mol. The van der Waals surface area contributed by atoms with Crippen molar-refractivity contribution < 1.29 is 18.4 Å². The molecule has 0 heterocycles. The van der Waals surface area contributed by atoms with Gasteiger partial charge in [-0.3, -0.25) is 0 Å². The second kappa shape index (κ2) is 14.5. The predicted molar refractivity (Wildman–Crippen MR) is 69.5 cm³/mol. The van der Waals surface area contributed by atoms with Gasteiger partial charge in [0.2, 0.25) is 0 Å². The Balaban J connectivity index is 3.30. The summed E-state index contributed by atoms with van der Waals surface area (Å²) in [4.78, 5) is 11.1. The molecule has 9 heteroatoms. The summed E-state index contributed by atoms with van der Waals surface area (Å²) in [7, 11) is 2.94. The molecule has 0 amide bonds. The Morgan fingerprint density at radius 1 is 0.941 bits per heavy atom. The zero-order valence-electron chi connectivity index (χ0n) is 10.4. The van der Waals surface area contributed by atoms with E-state index in [0.29, 0.717) is 0 Å². The highest BCUT2D eigenvalue weighted by molar-refractivity contribution is 7.92. The van der Waals surface area contributed by atoms with E-state index in [2.05, 4.69) is 39.7 Å². The summed E-state index contributed by atoms with van der Waals surface area (Å²) >= 11 is 2.17. The first-order valence-electron chi connectivity index (χ1n) is 5.25. The molecular weight excluding hydrogens is 266 g/mol. The van der Waals surface area contributed by atoms with Gasteiger partial charge in [-0.1, -0.05) is 6.92 Å². The fourth-order valence-electron chi connectivity index (χ4n) is 1.04. The van der Waals surface area contributed by atoms with Crippen molar-refractivity contribution in [2.75, 3.05) is 46.9 Å². The first-order valence-corrected chi connectivity index (χ1v) is 6.74. The highest BCUT2D eigenvalue weighted by atomic mass is 32.2. The maximum absolute atomic E-state index is 4.62. The van der Waals surface area contributed by atoms with Crippen LogP contribution in [-0.4, -0.2) is 51.8 Å². The van der Waals surface area contributed by atoms with Crippen molar-refractivity contribution >= 4 is 24.5 Å². The molecule has 0 rings (SSSR count). The Labute approximate surface area is 111 Å². The van der Waals surface area contributed by atoms with E-state index in [1.807, 2.05) is 0 Å². The van der Waals surface area contributed by atoms with Gasteiger partial charge in [0.1, 0.15) is 24.5 Å². The van der Waals surface area contributed by atoms with Crippen molar-refractivity contribution in [2.45, 2.75) is 6.92 Å². The minimum absolute atomic E-state index is 0.823. The Bertz CT molecular complexity index is 145. The Hall–Kier alpha value is 0.420. The van der Waals surface area contributed by atoms with E-state index in [-0.39, 0.29) is 0 Å². The Morgan fingerprint density at radius 3 is 1.76 bits per heavy atom. The van der Waals surface area contributed by atoms with Crippen LogP contribution in [-0.2, 0) is 18.4 Å². The lowest BCUT2D eigenvalue weighted by molar-refractivity contribution is -0.161. The van der Waals surface area contributed by atoms with Crippen molar-refractivity contribution in [2.24, 2.45) is 0 Å². The quantitative estimate of drug-likeness (QED) is 0.168. The van der Waals surface area contributed by atoms with Gasteiger partial charge in [0, 0.05) is 26.2 Å². The molecule has 0 bridgehead atoms. The molecule has 0 fully saturated rings. The summed E-state index contributed by atoms with van der Waals surface area (Å²) in [5, 5.41) is 0. The van der Waals surface area contributed by atoms with Crippen molar-refractivity contribution in [3.05, 3.63) is 0 Å². The molecule has 104 valence electrons. The van der Waals surface area contributed by atoms with Crippen molar-refractivity contribution in [3.63, 3.8) is 0 Å². The van der Waals surface area contributed by atoms with Gasteiger partial charge in [0.15, 0.2) is 0 Å². The minimum atomic E-state index is 0.823. The molecule has 0 aliphatic carbocycles. The van der Waals surface area contributed by atoms with E-state index in [9.17, 15) is 0 Å². The van der Waals surface area contributed by atoms with Crippen LogP contribution in [0.4, 0.5) is 0 Å². The highest BCUT2D eigenvalue weighted by Gasteiger charge is 2.01. The third-order valence-corrected chi connectivity index (χ3v) is 2.88. The zero-order valence-corrected chi connectivity index (χ0v) is 12.1. The summed E-state index contributed by atoms with van der Waals surface area (Å²) in [5.41, 5.74) is 0. The summed E-state index contributed by atoms with van der Waals surface area (Å²) in [6.07, 6.45) is 0. The normalized spacial score (nSPS) is 11.3. The largest absolute Gasteiger partial charge is 0.301 e. The first kappa shape index (κ1) is 17.4. The molecule has 0 atom stereocenters. The first-order chi connectivity index (χ1) is 8.35. The fraction of sp³-hybridized carbons (Fsp3) is 1.00. The number of likely N-dealkylation sites (N-methyl/N-ethyl adjacent to an activating group) is 1. The summed E-state index contributed by atoms with van der Waals surface area (Å²) < 4.78 is 15.3. The second-order valence-corrected chi connectivity index (χ2v) is 4.04. The van der Waals surface area contributed by atoms with E-state index in [4.69, 9.17) is 0 Å². The molecule has 0 aromatic heterocycles. The smallest absolute Gasteiger partial charge is 0.118 e. The molecule has 0 saturated heterocycles. The monoisotopic (exact) mass is 287 g/mol. The van der Waals surface area contributed by atoms with Crippen LogP contribution in [0.15, 0.2) is 0 Å². The molecule has 0 spiro atoms. The van der Waals surface area contributed by atoms with Crippen LogP contribution < -0.4 is 9.44 Å². The van der Waals surface area contributed by atoms with E-state index in [1.165, 1.54) is 14.2 Å². The third-order valence-electron chi connectivity index (χ3n) is 1.83. The molecule has 0 aliphatic heterocycles. The van der Waals surface area contributed by atoms with E-state index in [1.54, 1.807) is 0 Å². The fourth-order valence-corrected chi connectivity index (χ4v) is 1.62. The Morgan fingerprint density at radius 2 is 1.41 bits per heavy atom. The van der Waals surface area contributed by atoms with Crippen LogP contribution in [0.5, 0.6) is 0 Å². The lowest BCUT2D eigenvalue weighted by atomic mass is 10.4.